The van der Waals surface area contributed by atoms with E-state index in [4.69, 9.17) is 22.7 Å². The van der Waals surface area contributed by atoms with Gasteiger partial charge in [-0.15, -0.1) is 0 Å². The van der Waals surface area contributed by atoms with Crippen LogP contribution in [0.4, 0.5) is 5.82 Å². The number of nitrogens with zero attached hydrogens (tertiary/aromatic N) is 2. The number of ether oxygens (including phenoxy) is 1. The molecule has 2 fully saturated rings. The molecule has 1 unspecified atom stereocenters. The number of carbonyl (C=O) groups is 1. The summed E-state index contributed by atoms with van der Waals surface area (Å²) in [5.41, 5.74) is 6.19. The third-order valence-corrected chi connectivity index (χ3v) is 5.63. The number of amides is 1. The van der Waals surface area contributed by atoms with Gasteiger partial charge in [0.25, 0.3) is 5.91 Å². The Morgan fingerprint density at radius 3 is 2.76 bits per heavy atom. The molecule has 1 aromatic heterocycles. The Bertz CT molecular complexity index is 569. The molecule has 116 valence electrons. The van der Waals surface area contributed by atoms with E-state index in [1.807, 2.05) is 9.47 Å². The summed E-state index contributed by atoms with van der Waals surface area (Å²) in [6.45, 7) is 3.12. The number of rotatable bonds is 3. The van der Waals surface area contributed by atoms with Crippen molar-refractivity contribution in [2.24, 2.45) is 0 Å². The van der Waals surface area contributed by atoms with Gasteiger partial charge in [-0.3, -0.25) is 4.79 Å². The van der Waals surface area contributed by atoms with E-state index in [1.54, 1.807) is 0 Å². The lowest BCUT2D eigenvalue weighted by Gasteiger charge is -2.26. The molecule has 7 heteroatoms. The fraction of sp³-hybridized carbons (Fsp3) is 0.714. The van der Waals surface area contributed by atoms with Crippen LogP contribution in [0.2, 0.25) is 0 Å². The normalized spacial score (nSPS) is 22.7. The molecular weight excluding hydrogens is 306 g/mol. The molecule has 3 heterocycles. The number of thiazole rings is 1. The van der Waals surface area contributed by atoms with Crippen LogP contribution in [0.3, 0.4) is 0 Å². The van der Waals surface area contributed by atoms with E-state index in [1.165, 1.54) is 17.8 Å². The van der Waals surface area contributed by atoms with Crippen LogP contribution < -0.4 is 5.73 Å². The van der Waals surface area contributed by atoms with Crippen molar-refractivity contribution in [2.75, 3.05) is 25.4 Å². The zero-order valence-electron chi connectivity index (χ0n) is 12.0. The van der Waals surface area contributed by atoms with Crippen LogP contribution in [0.15, 0.2) is 0 Å². The minimum atomic E-state index is 0.0365. The van der Waals surface area contributed by atoms with Gasteiger partial charge in [0.2, 0.25) is 0 Å². The number of carbonyl (C=O) groups excluding carboxylic acids is 1. The molecule has 2 N–H and O–H groups in total. The third kappa shape index (κ3) is 3.14. The number of piperidine rings is 1. The van der Waals surface area contributed by atoms with Gasteiger partial charge in [-0.05, 0) is 44.3 Å². The Kier molecular flexibility index (Phi) is 4.61. The molecule has 0 spiro atoms. The van der Waals surface area contributed by atoms with E-state index in [0.717, 1.165) is 45.4 Å². The van der Waals surface area contributed by atoms with Gasteiger partial charge in [-0.1, -0.05) is 11.3 Å². The van der Waals surface area contributed by atoms with E-state index in [-0.39, 0.29) is 12.0 Å². The first-order chi connectivity index (χ1) is 10.2. The molecule has 0 radical (unpaired) electrons. The molecule has 0 aliphatic carbocycles. The lowest BCUT2D eigenvalue weighted by molar-refractivity contribution is 0.0728. The summed E-state index contributed by atoms with van der Waals surface area (Å²) in [6, 6.07) is 0. The lowest BCUT2D eigenvalue weighted by Crippen LogP contribution is -2.35. The predicted octanol–water partition coefficient (Wildman–Crippen LogP) is 2.67. The quantitative estimate of drug-likeness (QED) is 0.867. The van der Waals surface area contributed by atoms with Crippen molar-refractivity contribution in [2.45, 2.75) is 44.8 Å². The first kappa shape index (κ1) is 15.0. The molecule has 0 bridgehead atoms. The van der Waals surface area contributed by atoms with Crippen molar-refractivity contribution in [1.82, 2.24) is 9.47 Å². The summed E-state index contributed by atoms with van der Waals surface area (Å²) in [4.78, 5) is 15.1. The molecule has 0 saturated carbocycles. The Balaban J connectivity index is 1.79. The van der Waals surface area contributed by atoms with Gasteiger partial charge in [0.1, 0.15) is 10.7 Å². The molecule has 2 saturated heterocycles. The summed E-state index contributed by atoms with van der Waals surface area (Å²) < 4.78 is 8.18. The van der Waals surface area contributed by atoms with Gasteiger partial charge in [-0.2, -0.15) is 0 Å². The summed E-state index contributed by atoms with van der Waals surface area (Å²) in [6.07, 6.45) is 5.65. The van der Waals surface area contributed by atoms with Crippen LogP contribution in [-0.4, -0.2) is 41.2 Å². The number of nitrogen functional groups attached to an aromatic ring is 1. The second-order valence-corrected chi connectivity index (χ2v) is 7.33. The van der Waals surface area contributed by atoms with Gasteiger partial charge in [0.15, 0.2) is 3.95 Å². The second kappa shape index (κ2) is 6.46. The van der Waals surface area contributed by atoms with Crippen LogP contribution in [-0.2, 0) is 11.3 Å². The first-order valence-corrected chi connectivity index (χ1v) is 8.79. The highest BCUT2D eigenvalue weighted by atomic mass is 32.1. The van der Waals surface area contributed by atoms with Gasteiger partial charge in [0.05, 0.1) is 12.6 Å². The molecule has 5 nitrogen and oxygen atoms in total. The van der Waals surface area contributed by atoms with Crippen molar-refractivity contribution in [1.29, 1.82) is 0 Å². The zero-order valence-corrected chi connectivity index (χ0v) is 13.7. The Hall–Kier alpha value is -0.920. The minimum Gasteiger partial charge on any atom is -0.384 e. The van der Waals surface area contributed by atoms with Crippen molar-refractivity contribution < 1.29 is 9.53 Å². The largest absolute Gasteiger partial charge is 0.384 e. The number of hydrogen-bond donors (Lipinski definition) is 1. The van der Waals surface area contributed by atoms with Crippen molar-refractivity contribution in [3.05, 3.63) is 8.83 Å². The molecule has 0 aromatic carbocycles. The summed E-state index contributed by atoms with van der Waals surface area (Å²) in [7, 11) is 0. The summed E-state index contributed by atoms with van der Waals surface area (Å²) in [5, 5.41) is 0. The number of likely N-dealkylation sites (tertiary alicyclic amines) is 1. The van der Waals surface area contributed by atoms with Crippen LogP contribution in [0.25, 0.3) is 0 Å². The topological polar surface area (TPSA) is 60.5 Å². The number of anilines is 1. The van der Waals surface area contributed by atoms with Crippen molar-refractivity contribution in [3.63, 3.8) is 0 Å². The maximum Gasteiger partial charge on any atom is 0.267 e. The highest BCUT2D eigenvalue weighted by Crippen LogP contribution is 2.27. The molecular formula is C14H21N3O2S2. The second-order valence-electron chi connectivity index (χ2n) is 5.68. The molecule has 21 heavy (non-hydrogen) atoms. The zero-order chi connectivity index (χ0) is 14.8. The standard InChI is InChI=1S/C14H21N3O2S2/c15-12-11(13(18)16-6-2-1-3-7-16)21-14(20)17(12)9-10-5-4-8-19-10/h10H,1-9,15H2. The molecule has 1 atom stereocenters. The average molecular weight is 327 g/mol. The van der Waals surface area contributed by atoms with Gasteiger partial charge >= 0.3 is 0 Å². The van der Waals surface area contributed by atoms with E-state index < -0.39 is 0 Å². The Labute approximate surface area is 133 Å². The van der Waals surface area contributed by atoms with Crippen LogP contribution >= 0.6 is 23.6 Å². The molecule has 2 aliphatic heterocycles. The number of nitrogens with two attached hydrogens (primary N) is 1. The Morgan fingerprint density at radius 1 is 1.33 bits per heavy atom. The Morgan fingerprint density at radius 2 is 2.10 bits per heavy atom. The van der Waals surface area contributed by atoms with Crippen molar-refractivity contribution >= 4 is 35.3 Å². The minimum absolute atomic E-state index is 0.0365. The van der Waals surface area contributed by atoms with Crippen LogP contribution in [0, 0.1) is 3.95 Å². The lowest BCUT2D eigenvalue weighted by atomic mass is 10.1. The number of hydrogen-bond acceptors (Lipinski definition) is 5. The van der Waals surface area contributed by atoms with Crippen molar-refractivity contribution in [3.8, 4) is 0 Å². The third-order valence-electron chi connectivity index (χ3n) is 4.18. The van der Waals surface area contributed by atoms with Crippen LogP contribution in [0.5, 0.6) is 0 Å². The number of aromatic nitrogens is 1. The average Bonchev–Trinajstić information content (AvgIpc) is 3.11. The molecule has 2 aliphatic rings. The first-order valence-electron chi connectivity index (χ1n) is 7.57. The fourth-order valence-electron chi connectivity index (χ4n) is 2.97. The van der Waals surface area contributed by atoms with Gasteiger partial charge < -0.3 is 19.9 Å². The molecule has 1 aromatic rings. The maximum atomic E-state index is 12.6. The fourth-order valence-corrected chi connectivity index (χ4v) is 4.29. The smallest absolute Gasteiger partial charge is 0.267 e. The maximum absolute atomic E-state index is 12.6. The highest BCUT2D eigenvalue weighted by molar-refractivity contribution is 7.73. The molecule has 3 rings (SSSR count). The monoisotopic (exact) mass is 327 g/mol. The van der Waals surface area contributed by atoms with E-state index in [2.05, 4.69) is 0 Å². The molecule has 1 amide bonds. The summed E-state index contributed by atoms with van der Waals surface area (Å²) in [5.74, 6) is 0.547. The SMILES string of the molecule is Nc1c(C(=O)N2CCCCC2)sc(=S)n1CC1CCCO1. The van der Waals surface area contributed by atoms with Gasteiger partial charge in [-0.25, -0.2) is 0 Å². The van der Waals surface area contributed by atoms with E-state index in [9.17, 15) is 4.79 Å². The van der Waals surface area contributed by atoms with Crippen LogP contribution in [0.1, 0.15) is 41.8 Å². The van der Waals surface area contributed by atoms with E-state index >= 15 is 0 Å². The summed E-state index contributed by atoms with van der Waals surface area (Å²) >= 11 is 6.72. The predicted molar refractivity (Wildman–Crippen MR) is 86.3 cm³/mol. The highest BCUT2D eigenvalue weighted by Gasteiger charge is 2.25. The van der Waals surface area contributed by atoms with Gasteiger partial charge in [0, 0.05) is 19.7 Å². The van der Waals surface area contributed by atoms with E-state index in [0.29, 0.717) is 21.2 Å².